The fourth-order valence-corrected chi connectivity index (χ4v) is 4.33. The van der Waals surface area contributed by atoms with Crippen LogP contribution in [0.4, 0.5) is 4.79 Å². The van der Waals surface area contributed by atoms with Crippen molar-refractivity contribution in [3.8, 4) is 23.8 Å². The number of terminal acetylenes is 1. The minimum atomic E-state index is -3.67. The predicted molar refractivity (Wildman–Crippen MR) is 87.9 cm³/mol. The molecule has 0 saturated carbocycles. The number of fused-ring (bicyclic) bond motifs is 2. The van der Waals surface area contributed by atoms with Gasteiger partial charge < -0.3 is 19.5 Å². The molecule has 134 valence electrons. The highest BCUT2D eigenvalue weighted by Gasteiger charge is 2.43. The van der Waals surface area contributed by atoms with Crippen LogP contribution in [-0.4, -0.2) is 57.8 Å². The standard InChI is InChI=1S/C16H18N2O6S/c1-3-6-17-16(19)24-14-5-4-13(8-15(14)22-2)25(20,21)18-9-11-7-12(10-18)23-11/h1,4-5,8,11-12H,6-7,9-10H2,2H3,(H,17,19). The maximum atomic E-state index is 12.8. The zero-order valence-electron chi connectivity index (χ0n) is 13.6. The summed E-state index contributed by atoms with van der Waals surface area (Å²) in [6.45, 7) is 0.703. The summed E-state index contributed by atoms with van der Waals surface area (Å²) in [6.07, 6.45) is 5.14. The fourth-order valence-electron chi connectivity index (χ4n) is 2.82. The summed E-state index contributed by atoms with van der Waals surface area (Å²) in [6, 6.07) is 4.09. The van der Waals surface area contributed by atoms with Crippen molar-refractivity contribution in [2.45, 2.75) is 23.5 Å². The van der Waals surface area contributed by atoms with Crippen molar-refractivity contribution < 1.29 is 27.4 Å². The zero-order valence-corrected chi connectivity index (χ0v) is 14.4. The molecule has 1 N–H and O–H groups in total. The van der Waals surface area contributed by atoms with E-state index in [4.69, 9.17) is 20.6 Å². The summed E-state index contributed by atoms with van der Waals surface area (Å²) < 4.78 is 42.6. The lowest BCUT2D eigenvalue weighted by Gasteiger charge is -2.46. The number of benzene rings is 1. The normalized spacial score (nSPS) is 22.4. The smallest absolute Gasteiger partial charge is 0.413 e. The molecule has 2 atom stereocenters. The van der Waals surface area contributed by atoms with Crippen molar-refractivity contribution in [1.82, 2.24) is 9.62 Å². The van der Waals surface area contributed by atoms with Crippen molar-refractivity contribution in [3.05, 3.63) is 18.2 Å². The molecule has 3 aliphatic heterocycles. The number of piperidine rings is 1. The maximum Gasteiger partial charge on any atom is 0.413 e. The van der Waals surface area contributed by atoms with E-state index >= 15 is 0 Å². The van der Waals surface area contributed by atoms with Crippen LogP contribution in [0, 0.1) is 12.3 Å². The Labute approximate surface area is 146 Å². The van der Waals surface area contributed by atoms with Gasteiger partial charge in [-0.2, -0.15) is 4.31 Å². The van der Waals surface area contributed by atoms with Crippen LogP contribution in [0.3, 0.4) is 0 Å². The largest absolute Gasteiger partial charge is 0.493 e. The molecule has 9 heteroatoms. The third-order valence-electron chi connectivity index (χ3n) is 4.04. The van der Waals surface area contributed by atoms with Crippen molar-refractivity contribution in [1.29, 1.82) is 0 Å². The van der Waals surface area contributed by atoms with E-state index in [-0.39, 0.29) is 35.1 Å². The number of methoxy groups -OCH3 is 1. The second-order valence-electron chi connectivity index (χ2n) is 5.70. The number of nitrogens with zero attached hydrogens (tertiary/aromatic N) is 1. The molecule has 0 spiro atoms. The molecule has 3 fully saturated rings. The Kier molecular flexibility index (Phi) is 4.85. The summed E-state index contributed by atoms with van der Waals surface area (Å²) in [5.74, 6) is 2.48. The lowest BCUT2D eigenvalue weighted by molar-refractivity contribution is -0.164. The van der Waals surface area contributed by atoms with Gasteiger partial charge in [0.05, 0.1) is 30.8 Å². The quantitative estimate of drug-likeness (QED) is 0.766. The minimum Gasteiger partial charge on any atom is -0.493 e. The van der Waals surface area contributed by atoms with Gasteiger partial charge in [-0.3, -0.25) is 0 Å². The van der Waals surface area contributed by atoms with Crippen molar-refractivity contribution in [3.63, 3.8) is 0 Å². The van der Waals surface area contributed by atoms with Gasteiger partial charge in [-0.1, -0.05) is 5.92 Å². The molecule has 2 bridgehead atoms. The third kappa shape index (κ3) is 3.56. The Balaban J connectivity index is 1.78. The first kappa shape index (κ1) is 17.5. The predicted octanol–water partition coefficient (Wildman–Crippen LogP) is 0.579. The molecule has 2 unspecified atom stereocenters. The van der Waals surface area contributed by atoms with Crippen LogP contribution in [0.5, 0.6) is 11.5 Å². The number of amides is 1. The molecule has 25 heavy (non-hydrogen) atoms. The number of carbonyl (C=O) groups excluding carboxylic acids is 1. The molecule has 1 aromatic carbocycles. The average molecular weight is 366 g/mol. The van der Waals surface area contributed by atoms with Crippen LogP contribution >= 0.6 is 0 Å². The number of carbonyl (C=O) groups is 1. The average Bonchev–Trinajstić information content (AvgIpc) is 2.59. The molecular weight excluding hydrogens is 348 g/mol. The second kappa shape index (κ2) is 6.92. The van der Waals surface area contributed by atoms with E-state index in [9.17, 15) is 13.2 Å². The molecule has 0 aliphatic carbocycles. The molecule has 3 heterocycles. The summed E-state index contributed by atoms with van der Waals surface area (Å²) in [5.41, 5.74) is 0. The van der Waals surface area contributed by atoms with Gasteiger partial charge in [0.1, 0.15) is 0 Å². The van der Waals surface area contributed by atoms with Gasteiger partial charge in [0.15, 0.2) is 11.5 Å². The number of hydrogen-bond acceptors (Lipinski definition) is 6. The summed E-state index contributed by atoms with van der Waals surface area (Å²) in [5, 5.41) is 2.35. The van der Waals surface area contributed by atoms with Crippen LogP contribution < -0.4 is 14.8 Å². The highest BCUT2D eigenvalue weighted by Crippen LogP contribution is 2.34. The van der Waals surface area contributed by atoms with Gasteiger partial charge in [0.2, 0.25) is 10.0 Å². The number of morpholine rings is 1. The van der Waals surface area contributed by atoms with Crippen LogP contribution in [0.1, 0.15) is 6.42 Å². The highest BCUT2D eigenvalue weighted by molar-refractivity contribution is 7.89. The van der Waals surface area contributed by atoms with Crippen molar-refractivity contribution in [2.75, 3.05) is 26.7 Å². The van der Waals surface area contributed by atoms with E-state index < -0.39 is 16.1 Å². The van der Waals surface area contributed by atoms with E-state index in [1.165, 1.54) is 29.6 Å². The monoisotopic (exact) mass is 366 g/mol. The van der Waals surface area contributed by atoms with Gasteiger partial charge in [-0.25, -0.2) is 13.2 Å². The third-order valence-corrected chi connectivity index (χ3v) is 5.86. The summed E-state index contributed by atoms with van der Waals surface area (Å²) in [4.78, 5) is 11.7. The fraction of sp³-hybridized carbons (Fsp3) is 0.438. The Morgan fingerprint density at radius 2 is 2.08 bits per heavy atom. The van der Waals surface area contributed by atoms with Crippen LogP contribution in [0.2, 0.25) is 0 Å². The van der Waals surface area contributed by atoms with Crippen LogP contribution in [0.25, 0.3) is 0 Å². The van der Waals surface area contributed by atoms with E-state index in [1.54, 1.807) is 0 Å². The first-order valence-electron chi connectivity index (χ1n) is 7.67. The molecule has 3 aliphatic rings. The van der Waals surface area contributed by atoms with E-state index in [0.29, 0.717) is 13.1 Å². The van der Waals surface area contributed by atoms with Crippen molar-refractivity contribution in [2.24, 2.45) is 0 Å². The van der Waals surface area contributed by atoms with E-state index in [1.807, 2.05) is 0 Å². The Bertz CT molecular complexity index is 800. The van der Waals surface area contributed by atoms with Gasteiger partial charge in [0.25, 0.3) is 0 Å². The Hall–Kier alpha value is -2.28. The second-order valence-corrected chi connectivity index (χ2v) is 7.64. The lowest BCUT2D eigenvalue weighted by atomic mass is 10.0. The molecule has 0 aromatic heterocycles. The van der Waals surface area contributed by atoms with Crippen LogP contribution in [0.15, 0.2) is 23.1 Å². The number of hydrogen-bond donors (Lipinski definition) is 1. The molecule has 8 nitrogen and oxygen atoms in total. The number of rotatable bonds is 5. The van der Waals surface area contributed by atoms with Crippen molar-refractivity contribution >= 4 is 16.1 Å². The first-order valence-corrected chi connectivity index (χ1v) is 9.11. The number of sulfonamides is 1. The Morgan fingerprint density at radius 3 is 2.68 bits per heavy atom. The number of nitrogens with one attached hydrogen (secondary N) is 1. The van der Waals surface area contributed by atoms with Gasteiger partial charge >= 0.3 is 6.09 Å². The molecule has 1 amide bonds. The number of ether oxygens (including phenoxy) is 3. The maximum absolute atomic E-state index is 12.8. The van der Waals surface area contributed by atoms with Gasteiger partial charge in [-0.15, -0.1) is 6.42 Å². The molecular formula is C16H18N2O6S. The molecule has 0 radical (unpaired) electrons. The highest BCUT2D eigenvalue weighted by atomic mass is 32.2. The summed E-state index contributed by atoms with van der Waals surface area (Å²) in [7, 11) is -2.30. The zero-order chi connectivity index (χ0) is 18.0. The first-order chi connectivity index (χ1) is 11.9. The Morgan fingerprint density at radius 1 is 1.40 bits per heavy atom. The van der Waals surface area contributed by atoms with Gasteiger partial charge in [-0.05, 0) is 12.1 Å². The molecule has 4 rings (SSSR count). The molecule has 1 aromatic rings. The van der Waals surface area contributed by atoms with Crippen LogP contribution in [-0.2, 0) is 14.8 Å². The van der Waals surface area contributed by atoms with E-state index in [0.717, 1.165) is 6.42 Å². The van der Waals surface area contributed by atoms with Gasteiger partial charge in [0, 0.05) is 25.6 Å². The SMILES string of the molecule is C#CCNC(=O)Oc1ccc(S(=O)(=O)N2CC3CC(C2)O3)cc1OC. The minimum absolute atomic E-state index is 0.0208. The molecule has 3 saturated heterocycles. The lowest BCUT2D eigenvalue weighted by Crippen LogP contribution is -2.58. The van der Waals surface area contributed by atoms with E-state index in [2.05, 4.69) is 11.2 Å². The summed E-state index contributed by atoms with van der Waals surface area (Å²) >= 11 is 0. The topological polar surface area (TPSA) is 94.2 Å².